The molecule has 4 aromatic rings. The second-order valence-corrected chi connectivity index (χ2v) is 14.2. The molecule has 0 spiro atoms. The molecule has 1 aliphatic heterocycles. The Balaban J connectivity index is 1.43. The van der Waals surface area contributed by atoms with Crippen LogP contribution in [0.2, 0.25) is 0 Å². The number of amides is 1. The number of nitrogens with zero attached hydrogens (tertiary/aromatic N) is 4. The second-order valence-electron chi connectivity index (χ2n) is 11.2. The molecule has 0 unspecified atom stereocenters. The fourth-order valence-electron chi connectivity index (χ4n) is 5.64. The molecule has 11 heteroatoms. The first kappa shape index (κ1) is 31.8. The molecule has 1 amide bonds. The monoisotopic (exact) mass is 633 g/mol. The number of hydrogen-bond donors (Lipinski definition) is 1. The third-order valence-electron chi connectivity index (χ3n) is 7.73. The first-order valence-corrected chi connectivity index (χ1v) is 17.3. The van der Waals surface area contributed by atoms with Gasteiger partial charge in [-0.25, -0.2) is 13.1 Å². The maximum absolute atomic E-state index is 13.9. The smallest absolute Gasteiger partial charge is 0.281 e. The van der Waals surface area contributed by atoms with Crippen LogP contribution < -0.4 is 5.32 Å². The fourth-order valence-corrected chi connectivity index (χ4v) is 8.54. The lowest BCUT2D eigenvalue weighted by Gasteiger charge is -2.27. The maximum Gasteiger partial charge on any atom is 0.281 e. The predicted octanol–water partition coefficient (Wildman–Crippen LogP) is 5.87. The average Bonchev–Trinajstić information content (AvgIpc) is 3.54. The van der Waals surface area contributed by atoms with Gasteiger partial charge in [-0.1, -0.05) is 44.2 Å². The Morgan fingerprint density at radius 2 is 1.68 bits per heavy atom. The van der Waals surface area contributed by atoms with Gasteiger partial charge in [0.25, 0.3) is 11.8 Å². The van der Waals surface area contributed by atoms with Crippen LogP contribution in [0.1, 0.15) is 74.8 Å². The molecule has 9 nitrogen and oxygen atoms in total. The Kier molecular flexibility index (Phi) is 9.79. The highest BCUT2D eigenvalue weighted by atomic mass is 32.2. The Bertz CT molecular complexity index is 1740. The molecule has 2 aromatic heterocycles. The Morgan fingerprint density at radius 1 is 1.00 bits per heavy atom. The zero-order valence-corrected chi connectivity index (χ0v) is 27.3. The van der Waals surface area contributed by atoms with Crippen molar-refractivity contribution in [3.05, 3.63) is 99.2 Å². The van der Waals surface area contributed by atoms with Crippen LogP contribution >= 0.6 is 11.3 Å². The van der Waals surface area contributed by atoms with E-state index in [0.29, 0.717) is 55.0 Å². The molecule has 1 aliphatic rings. The van der Waals surface area contributed by atoms with Crippen LogP contribution in [0.4, 0.5) is 5.00 Å². The molecule has 1 N–H and O–H groups in total. The zero-order valence-electron chi connectivity index (χ0n) is 25.7. The van der Waals surface area contributed by atoms with E-state index in [1.54, 1.807) is 0 Å². The number of anilines is 1. The lowest BCUT2D eigenvalue weighted by Crippen LogP contribution is -2.32. The van der Waals surface area contributed by atoms with Crippen molar-refractivity contribution in [1.82, 2.24) is 19.0 Å². The van der Waals surface area contributed by atoms with Crippen molar-refractivity contribution < 1.29 is 18.0 Å². The number of nitrogens with one attached hydrogen (secondary N) is 1. The van der Waals surface area contributed by atoms with Gasteiger partial charge in [-0.2, -0.15) is 9.40 Å². The van der Waals surface area contributed by atoms with Crippen LogP contribution in [0.25, 0.3) is 0 Å². The third kappa shape index (κ3) is 6.71. The quantitative estimate of drug-likeness (QED) is 0.222. The van der Waals surface area contributed by atoms with Crippen molar-refractivity contribution in [3.8, 4) is 0 Å². The second kappa shape index (κ2) is 13.6. The minimum atomic E-state index is -3.66. The highest BCUT2D eigenvalue weighted by molar-refractivity contribution is 7.89. The van der Waals surface area contributed by atoms with Gasteiger partial charge >= 0.3 is 0 Å². The van der Waals surface area contributed by atoms with E-state index >= 15 is 0 Å². The van der Waals surface area contributed by atoms with E-state index in [-0.39, 0.29) is 10.8 Å². The normalized spacial score (nSPS) is 13.7. The molecule has 0 saturated heterocycles. The Hall–Kier alpha value is -3.64. The number of carbonyl (C=O) groups is 2. The molecule has 232 valence electrons. The average molecular weight is 634 g/mol. The van der Waals surface area contributed by atoms with Crippen molar-refractivity contribution in [3.63, 3.8) is 0 Å². The minimum absolute atomic E-state index is 0.154. The Morgan fingerprint density at radius 3 is 2.30 bits per heavy atom. The van der Waals surface area contributed by atoms with Crippen molar-refractivity contribution in [1.29, 1.82) is 0 Å². The molecular weight excluding hydrogens is 595 g/mol. The lowest BCUT2D eigenvalue weighted by molar-refractivity contribution is 0.0942. The summed E-state index contributed by atoms with van der Waals surface area (Å²) in [6.45, 7) is 10.7. The van der Waals surface area contributed by atoms with Crippen LogP contribution in [0.15, 0.2) is 65.6 Å². The molecular formula is C33H39N5O4S2. The van der Waals surface area contributed by atoms with E-state index in [1.807, 2.05) is 52.0 Å². The largest absolute Gasteiger partial charge is 0.313 e. The summed E-state index contributed by atoms with van der Waals surface area (Å²) < 4.78 is 29.3. The molecule has 0 bridgehead atoms. The number of fused-ring (bicyclic) bond motifs is 1. The predicted molar refractivity (Wildman–Crippen MR) is 174 cm³/mol. The number of thiophene rings is 1. The molecule has 0 atom stereocenters. The number of benzene rings is 2. The van der Waals surface area contributed by atoms with Crippen molar-refractivity contribution in [2.45, 2.75) is 64.9 Å². The molecule has 0 fully saturated rings. The van der Waals surface area contributed by atoms with Gasteiger partial charge in [0.1, 0.15) is 5.00 Å². The van der Waals surface area contributed by atoms with Crippen LogP contribution in [-0.2, 0) is 29.5 Å². The van der Waals surface area contributed by atoms with Crippen LogP contribution in [0.5, 0.6) is 0 Å². The van der Waals surface area contributed by atoms with Gasteiger partial charge in [0.2, 0.25) is 10.0 Å². The Labute approximate surface area is 263 Å². The zero-order chi connectivity index (χ0) is 31.4. The van der Waals surface area contributed by atoms with Gasteiger partial charge in [0.05, 0.1) is 16.2 Å². The van der Waals surface area contributed by atoms with Gasteiger partial charge in [-0.3, -0.25) is 14.5 Å². The van der Waals surface area contributed by atoms with Crippen LogP contribution in [0.3, 0.4) is 0 Å². The van der Waals surface area contributed by atoms with E-state index in [0.717, 1.165) is 34.9 Å². The number of rotatable bonds is 11. The standard InChI is InChI=1S/C33H39N5O4S2/c1-5-17-37(18-6-2)44(41,42)27-14-12-26(13-15-27)31(39)34-32-30(33(40)38-24(4)20-23(3)35-38)28-16-19-36(22-29(28)43-32)21-25-10-8-7-9-11-25/h7-15,20H,5-6,16-19,21-22H2,1-4H3,(H,34,39). The van der Waals surface area contributed by atoms with Crippen LogP contribution in [0, 0.1) is 13.8 Å². The number of aromatic nitrogens is 2. The summed E-state index contributed by atoms with van der Waals surface area (Å²) in [6.07, 6.45) is 2.11. The summed E-state index contributed by atoms with van der Waals surface area (Å²) in [5.74, 6) is -0.677. The summed E-state index contributed by atoms with van der Waals surface area (Å²) in [4.78, 5) is 31.0. The number of aryl methyl sites for hydroxylation is 2. The molecule has 0 aliphatic carbocycles. The van der Waals surface area contributed by atoms with Crippen molar-refractivity contribution >= 4 is 38.2 Å². The molecule has 44 heavy (non-hydrogen) atoms. The van der Waals surface area contributed by atoms with E-state index in [2.05, 4.69) is 27.4 Å². The maximum atomic E-state index is 13.9. The van der Waals surface area contributed by atoms with Crippen LogP contribution in [-0.4, -0.2) is 58.9 Å². The van der Waals surface area contributed by atoms with E-state index in [9.17, 15) is 18.0 Å². The fraction of sp³-hybridized carbons (Fsp3) is 0.364. The lowest BCUT2D eigenvalue weighted by atomic mass is 10.0. The molecule has 5 rings (SSSR count). The van der Waals surface area contributed by atoms with Crippen molar-refractivity contribution in [2.24, 2.45) is 0 Å². The first-order chi connectivity index (χ1) is 21.1. The van der Waals surface area contributed by atoms with Crippen molar-refractivity contribution in [2.75, 3.05) is 25.0 Å². The van der Waals surface area contributed by atoms with E-state index in [1.165, 1.54) is 50.2 Å². The first-order valence-electron chi connectivity index (χ1n) is 15.0. The minimum Gasteiger partial charge on any atom is -0.313 e. The number of hydrogen-bond acceptors (Lipinski definition) is 7. The summed E-state index contributed by atoms with van der Waals surface area (Å²) >= 11 is 1.42. The molecule has 2 aromatic carbocycles. The van der Waals surface area contributed by atoms with Gasteiger partial charge < -0.3 is 5.32 Å². The van der Waals surface area contributed by atoms with E-state index < -0.39 is 15.9 Å². The van der Waals surface area contributed by atoms with Gasteiger partial charge in [0.15, 0.2) is 0 Å². The number of carbonyl (C=O) groups excluding carboxylic acids is 2. The highest BCUT2D eigenvalue weighted by Gasteiger charge is 2.31. The highest BCUT2D eigenvalue weighted by Crippen LogP contribution is 2.38. The van der Waals surface area contributed by atoms with Gasteiger partial charge in [-0.15, -0.1) is 11.3 Å². The SMILES string of the molecule is CCCN(CCC)S(=O)(=O)c1ccc(C(=O)Nc2sc3c(c2C(=O)n2nc(C)cc2C)CCN(Cc2ccccc2)C3)cc1. The molecule has 0 radical (unpaired) electrons. The third-order valence-corrected chi connectivity index (χ3v) is 10.8. The van der Waals surface area contributed by atoms with E-state index in [4.69, 9.17) is 0 Å². The number of sulfonamides is 1. The summed E-state index contributed by atoms with van der Waals surface area (Å²) in [5.41, 5.74) is 4.41. The summed E-state index contributed by atoms with van der Waals surface area (Å²) in [6, 6.07) is 18.1. The summed E-state index contributed by atoms with van der Waals surface area (Å²) in [5, 5.41) is 7.89. The summed E-state index contributed by atoms with van der Waals surface area (Å²) in [7, 11) is -3.66. The molecule has 0 saturated carbocycles. The van der Waals surface area contributed by atoms with Gasteiger partial charge in [0, 0.05) is 48.9 Å². The van der Waals surface area contributed by atoms with Gasteiger partial charge in [-0.05, 0) is 74.6 Å². The topological polar surface area (TPSA) is 105 Å². The molecule has 3 heterocycles.